The van der Waals surface area contributed by atoms with Crippen molar-refractivity contribution in [2.24, 2.45) is 0 Å². The van der Waals surface area contributed by atoms with Crippen LogP contribution in [0.1, 0.15) is 12.5 Å². The SMILES string of the molecule is CCNC(=O)CNC(=O)COC(=O)/C=C/c1ccc(OC)cc1. The minimum atomic E-state index is -0.644. The number of hydrogen-bond donors (Lipinski definition) is 2. The molecule has 0 saturated heterocycles. The monoisotopic (exact) mass is 320 g/mol. The molecule has 0 aliphatic rings. The molecule has 2 N–H and O–H groups in total. The Labute approximate surface area is 134 Å². The third kappa shape index (κ3) is 7.66. The molecule has 1 aromatic carbocycles. The summed E-state index contributed by atoms with van der Waals surface area (Å²) in [5.41, 5.74) is 0.795. The van der Waals surface area contributed by atoms with Crippen molar-refractivity contribution >= 4 is 23.9 Å². The van der Waals surface area contributed by atoms with E-state index in [-0.39, 0.29) is 12.5 Å². The van der Waals surface area contributed by atoms with Crippen LogP contribution in [0.2, 0.25) is 0 Å². The first-order valence-electron chi connectivity index (χ1n) is 7.07. The van der Waals surface area contributed by atoms with E-state index in [1.54, 1.807) is 44.4 Å². The lowest BCUT2D eigenvalue weighted by Gasteiger charge is -2.05. The fraction of sp³-hybridized carbons (Fsp3) is 0.312. The molecule has 7 nitrogen and oxygen atoms in total. The molecule has 0 unspecified atom stereocenters. The van der Waals surface area contributed by atoms with Gasteiger partial charge in [-0.3, -0.25) is 9.59 Å². The third-order valence-corrected chi connectivity index (χ3v) is 2.69. The van der Waals surface area contributed by atoms with E-state index in [4.69, 9.17) is 9.47 Å². The van der Waals surface area contributed by atoms with E-state index in [0.29, 0.717) is 12.3 Å². The average molecular weight is 320 g/mol. The summed E-state index contributed by atoms with van der Waals surface area (Å²) in [6.07, 6.45) is 2.78. The molecule has 0 heterocycles. The first-order valence-corrected chi connectivity index (χ1v) is 7.07. The molecule has 0 fully saturated rings. The van der Waals surface area contributed by atoms with E-state index in [1.165, 1.54) is 6.08 Å². The summed E-state index contributed by atoms with van der Waals surface area (Å²) in [7, 11) is 1.57. The van der Waals surface area contributed by atoms with Crippen molar-refractivity contribution in [3.05, 3.63) is 35.9 Å². The van der Waals surface area contributed by atoms with Crippen LogP contribution in [0.25, 0.3) is 6.08 Å². The first kappa shape index (κ1) is 18.2. The maximum absolute atomic E-state index is 11.5. The topological polar surface area (TPSA) is 93.7 Å². The Morgan fingerprint density at radius 2 is 1.78 bits per heavy atom. The number of esters is 1. The maximum Gasteiger partial charge on any atom is 0.331 e. The summed E-state index contributed by atoms with van der Waals surface area (Å²) >= 11 is 0. The molecule has 7 heteroatoms. The lowest BCUT2D eigenvalue weighted by Crippen LogP contribution is -2.38. The highest BCUT2D eigenvalue weighted by Crippen LogP contribution is 2.12. The van der Waals surface area contributed by atoms with E-state index in [9.17, 15) is 14.4 Å². The minimum absolute atomic E-state index is 0.147. The fourth-order valence-corrected chi connectivity index (χ4v) is 1.55. The van der Waals surface area contributed by atoms with Gasteiger partial charge in [0.05, 0.1) is 13.7 Å². The summed E-state index contributed by atoms with van der Waals surface area (Å²) in [5.74, 6) is -0.767. The zero-order valence-corrected chi connectivity index (χ0v) is 13.1. The van der Waals surface area contributed by atoms with Crippen LogP contribution in [0.5, 0.6) is 5.75 Å². The van der Waals surface area contributed by atoms with Crippen molar-refractivity contribution in [3.63, 3.8) is 0 Å². The number of carbonyl (C=O) groups excluding carboxylic acids is 3. The zero-order chi connectivity index (χ0) is 17.1. The van der Waals surface area contributed by atoms with Crippen molar-refractivity contribution in [1.29, 1.82) is 0 Å². The molecule has 0 aromatic heterocycles. The number of methoxy groups -OCH3 is 1. The Kier molecular flexibility index (Phi) is 7.91. The summed E-state index contributed by atoms with van der Waals surface area (Å²) < 4.78 is 9.79. The molecule has 0 aliphatic heterocycles. The molecule has 124 valence electrons. The molecule has 0 aliphatic carbocycles. The largest absolute Gasteiger partial charge is 0.497 e. The number of ether oxygens (including phenoxy) is 2. The Morgan fingerprint density at radius 3 is 2.39 bits per heavy atom. The molecule has 1 rings (SSSR count). The molecular weight excluding hydrogens is 300 g/mol. The second kappa shape index (κ2) is 9.99. The van der Waals surface area contributed by atoms with Crippen LogP contribution in [-0.4, -0.2) is 44.6 Å². The highest BCUT2D eigenvalue weighted by atomic mass is 16.5. The minimum Gasteiger partial charge on any atom is -0.497 e. The predicted octanol–water partition coefficient (Wildman–Crippen LogP) is 0.504. The van der Waals surface area contributed by atoms with Gasteiger partial charge in [0.25, 0.3) is 5.91 Å². The summed E-state index contributed by atoms with van der Waals surface area (Å²) in [4.78, 5) is 34.0. The molecule has 0 radical (unpaired) electrons. The summed E-state index contributed by atoms with van der Waals surface area (Å²) in [5, 5.41) is 4.87. The first-order chi connectivity index (χ1) is 11.0. The van der Waals surface area contributed by atoms with Gasteiger partial charge < -0.3 is 20.1 Å². The van der Waals surface area contributed by atoms with Gasteiger partial charge in [0.15, 0.2) is 6.61 Å². The molecule has 0 saturated carbocycles. The molecule has 0 bridgehead atoms. The number of amides is 2. The van der Waals surface area contributed by atoms with Gasteiger partial charge in [-0.2, -0.15) is 0 Å². The summed E-state index contributed by atoms with van der Waals surface area (Å²) in [6.45, 7) is 1.67. The van der Waals surface area contributed by atoms with Crippen LogP contribution in [0.15, 0.2) is 30.3 Å². The van der Waals surface area contributed by atoms with Crippen LogP contribution in [0.4, 0.5) is 0 Å². The third-order valence-electron chi connectivity index (χ3n) is 2.69. The fourth-order valence-electron chi connectivity index (χ4n) is 1.55. The van der Waals surface area contributed by atoms with Crippen LogP contribution in [0, 0.1) is 0 Å². The number of carbonyl (C=O) groups is 3. The van der Waals surface area contributed by atoms with E-state index in [2.05, 4.69) is 10.6 Å². The number of hydrogen-bond acceptors (Lipinski definition) is 5. The van der Waals surface area contributed by atoms with Crippen molar-refractivity contribution in [2.75, 3.05) is 26.8 Å². The van der Waals surface area contributed by atoms with Crippen LogP contribution < -0.4 is 15.4 Å². The van der Waals surface area contributed by atoms with Crippen molar-refractivity contribution in [1.82, 2.24) is 10.6 Å². The predicted molar refractivity (Wildman–Crippen MR) is 84.7 cm³/mol. The number of benzene rings is 1. The van der Waals surface area contributed by atoms with E-state index >= 15 is 0 Å². The van der Waals surface area contributed by atoms with E-state index in [0.717, 1.165) is 5.56 Å². The Bertz CT molecular complexity index is 566. The van der Waals surface area contributed by atoms with Crippen LogP contribution in [0.3, 0.4) is 0 Å². The molecule has 0 atom stereocenters. The van der Waals surface area contributed by atoms with Gasteiger partial charge >= 0.3 is 5.97 Å². The van der Waals surface area contributed by atoms with E-state index < -0.39 is 18.5 Å². The lowest BCUT2D eigenvalue weighted by molar-refractivity contribution is -0.143. The number of nitrogens with one attached hydrogen (secondary N) is 2. The molecule has 2 amide bonds. The number of likely N-dealkylation sites (N-methyl/N-ethyl adjacent to an activating group) is 1. The molecular formula is C16H20N2O5. The van der Waals surface area contributed by atoms with Gasteiger partial charge in [-0.1, -0.05) is 12.1 Å². The highest BCUT2D eigenvalue weighted by molar-refractivity contribution is 5.90. The maximum atomic E-state index is 11.5. The Hall–Kier alpha value is -2.83. The second-order valence-corrected chi connectivity index (χ2v) is 4.44. The van der Waals surface area contributed by atoms with Crippen LogP contribution >= 0.6 is 0 Å². The molecule has 23 heavy (non-hydrogen) atoms. The van der Waals surface area contributed by atoms with Gasteiger partial charge in [0.1, 0.15) is 5.75 Å². The Morgan fingerprint density at radius 1 is 1.09 bits per heavy atom. The Balaban J connectivity index is 2.31. The van der Waals surface area contributed by atoms with Gasteiger partial charge in [0.2, 0.25) is 5.91 Å². The van der Waals surface area contributed by atoms with E-state index in [1.807, 2.05) is 0 Å². The smallest absolute Gasteiger partial charge is 0.331 e. The van der Waals surface area contributed by atoms with Crippen LogP contribution in [-0.2, 0) is 19.1 Å². The lowest BCUT2D eigenvalue weighted by atomic mass is 10.2. The average Bonchev–Trinajstić information content (AvgIpc) is 2.57. The van der Waals surface area contributed by atoms with Crippen molar-refractivity contribution in [3.8, 4) is 5.75 Å². The second-order valence-electron chi connectivity index (χ2n) is 4.44. The number of rotatable bonds is 8. The molecule has 1 aromatic rings. The highest BCUT2D eigenvalue weighted by Gasteiger charge is 2.06. The van der Waals surface area contributed by atoms with Gasteiger partial charge in [0, 0.05) is 12.6 Å². The normalized spacial score (nSPS) is 10.2. The quantitative estimate of drug-likeness (QED) is 0.537. The van der Waals surface area contributed by atoms with Crippen molar-refractivity contribution in [2.45, 2.75) is 6.92 Å². The standard InChI is InChI=1S/C16H20N2O5/c1-3-17-14(19)10-18-15(20)11-23-16(21)9-6-12-4-7-13(22-2)8-5-12/h4-9H,3,10-11H2,1-2H3,(H,17,19)(H,18,20)/b9-6+. The van der Waals surface area contributed by atoms with Crippen molar-refractivity contribution < 1.29 is 23.9 Å². The summed E-state index contributed by atoms with van der Waals surface area (Å²) in [6, 6.07) is 7.09. The van der Waals surface area contributed by atoms with Gasteiger partial charge in [-0.25, -0.2) is 4.79 Å². The van der Waals surface area contributed by atoms with Gasteiger partial charge in [-0.15, -0.1) is 0 Å². The molecule has 0 spiro atoms. The van der Waals surface area contributed by atoms with Gasteiger partial charge in [-0.05, 0) is 30.7 Å². The zero-order valence-electron chi connectivity index (χ0n) is 13.1.